The summed E-state index contributed by atoms with van der Waals surface area (Å²) in [6, 6.07) is 11.3. The van der Waals surface area contributed by atoms with Crippen molar-refractivity contribution in [3.05, 3.63) is 48.3 Å². The zero-order valence-electron chi connectivity index (χ0n) is 14.1. The lowest BCUT2D eigenvalue weighted by atomic mass is 10.00. The summed E-state index contributed by atoms with van der Waals surface area (Å²) in [5.41, 5.74) is 0.924. The van der Waals surface area contributed by atoms with Crippen LogP contribution < -0.4 is 4.90 Å². The molecule has 2 fully saturated rings. The Labute approximate surface area is 145 Å². The molecule has 4 rings (SSSR count). The largest absolute Gasteiger partial charge is 0.361 e. The monoisotopic (exact) mass is 340 g/mol. The van der Waals surface area contributed by atoms with Crippen molar-refractivity contribution in [3.63, 3.8) is 0 Å². The highest BCUT2D eigenvalue weighted by Gasteiger charge is 2.46. The molecule has 1 aromatic heterocycles. The van der Waals surface area contributed by atoms with Crippen molar-refractivity contribution in [1.82, 2.24) is 14.7 Å². The number of rotatable bonds is 2. The number of aryl methyl sites for hydroxylation is 1. The SMILES string of the molecule is Cn1nccc1C(=O)N1CCC2(C1)CN(c1ccccc1)C(=O)CO2. The number of carbonyl (C=O) groups is 2. The van der Waals surface area contributed by atoms with Crippen molar-refractivity contribution in [2.75, 3.05) is 31.1 Å². The Bertz CT molecular complexity index is 804. The molecule has 3 heterocycles. The van der Waals surface area contributed by atoms with Crippen LogP contribution in [-0.2, 0) is 16.6 Å². The molecule has 2 amide bonds. The number of anilines is 1. The molecule has 1 aromatic carbocycles. The number of likely N-dealkylation sites (tertiary alicyclic amines) is 1. The molecule has 0 radical (unpaired) electrons. The zero-order chi connectivity index (χ0) is 17.4. The summed E-state index contributed by atoms with van der Waals surface area (Å²) in [5, 5.41) is 4.06. The number of benzene rings is 1. The Kier molecular flexibility index (Phi) is 3.80. The molecule has 1 spiro atoms. The third-order valence-electron chi connectivity index (χ3n) is 4.96. The molecular weight excluding hydrogens is 320 g/mol. The number of hydrogen-bond acceptors (Lipinski definition) is 4. The van der Waals surface area contributed by atoms with Crippen LogP contribution in [0.25, 0.3) is 0 Å². The van der Waals surface area contributed by atoms with Crippen molar-refractivity contribution >= 4 is 17.5 Å². The van der Waals surface area contributed by atoms with Crippen molar-refractivity contribution in [3.8, 4) is 0 Å². The first-order valence-corrected chi connectivity index (χ1v) is 8.35. The van der Waals surface area contributed by atoms with E-state index in [9.17, 15) is 9.59 Å². The summed E-state index contributed by atoms with van der Waals surface area (Å²) in [7, 11) is 1.76. The van der Waals surface area contributed by atoms with E-state index in [0.29, 0.717) is 31.7 Å². The van der Waals surface area contributed by atoms with E-state index >= 15 is 0 Å². The van der Waals surface area contributed by atoms with Crippen LogP contribution in [-0.4, -0.2) is 58.3 Å². The molecule has 0 bridgehead atoms. The number of aromatic nitrogens is 2. The van der Waals surface area contributed by atoms with Crippen LogP contribution in [0.5, 0.6) is 0 Å². The fourth-order valence-electron chi connectivity index (χ4n) is 3.57. The zero-order valence-corrected chi connectivity index (χ0v) is 14.1. The van der Waals surface area contributed by atoms with E-state index in [4.69, 9.17) is 4.74 Å². The molecular formula is C18H20N4O3. The quantitative estimate of drug-likeness (QED) is 0.820. The topological polar surface area (TPSA) is 67.7 Å². The van der Waals surface area contributed by atoms with Gasteiger partial charge in [-0.05, 0) is 24.6 Å². The van der Waals surface area contributed by atoms with Crippen LogP contribution in [0, 0.1) is 0 Å². The second-order valence-corrected chi connectivity index (χ2v) is 6.60. The number of nitrogens with zero attached hydrogens (tertiary/aromatic N) is 4. The van der Waals surface area contributed by atoms with E-state index in [2.05, 4.69) is 5.10 Å². The summed E-state index contributed by atoms with van der Waals surface area (Å²) >= 11 is 0. The van der Waals surface area contributed by atoms with Crippen LogP contribution in [0.4, 0.5) is 5.69 Å². The summed E-state index contributed by atoms with van der Waals surface area (Å²) in [6.07, 6.45) is 2.33. The lowest BCUT2D eigenvalue weighted by molar-refractivity contribution is -0.137. The fourth-order valence-corrected chi connectivity index (χ4v) is 3.57. The molecule has 2 saturated heterocycles. The van der Waals surface area contributed by atoms with Crippen LogP contribution in [0.15, 0.2) is 42.6 Å². The van der Waals surface area contributed by atoms with E-state index in [1.165, 1.54) is 0 Å². The Morgan fingerprint density at radius 3 is 2.72 bits per heavy atom. The predicted molar refractivity (Wildman–Crippen MR) is 91.2 cm³/mol. The maximum absolute atomic E-state index is 12.7. The van der Waals surface area contributed by atoms with Gasteiger partial charge in [-0.15, -0.1) is 0 Å². The smallest absolute Gasteiger partial charge is 0.272 e. The van der Waals surface area contributed by atoms with E-state index in [1.54, 1.807) is 33.8 Å². The average Bonchev–Trinajstić information content (AvgIpc) is 3.24. The average molecular weight is 340 g/mol. The van der Waals surface area contributed by atoms with Crippen LogP contribution in [0.3, 0.4) is 0 Å². The Morgan fingerprint density at radius 2 is 2.00 bits per heavy atom. The van der Waals surface area contributed by atoms with Gasteiger partial charge in [0.15, 0.2) is 0 Å². The van der Waals surface area contributed by atoms with Gasteiger partial charge in [0.05, 0.1) is 13.1 Å². The summed E-state index contributed by atoms with van der Waals surface area (Å²) < 4.78 is 7.49. The van der Waals surface area contributed by atoms with Gasteiger partial charge in [-0.1, -0.05) is 18.2 Å². The number of para-hydroxylation sites is 1. The summed E-state index contributed by atoms with van der Waals surface area (Å²) in [5.74, 6) is -0.100. The van der Waals surface area contributed by atoms with Gasteiger partial charge >= 0.3 is 0 Å². The molecule has 0 saturated carbocycles. The number of carbonyl (C=O) groups excluding carboxylic acids is 2. The maximum atomic E-state index is 12.7. The van der Waals surface area contributed by atoms with Gasteiger partial charge < -0.3 is 14.5 Å². The lowest BCUT2D eigenvalue weighted by Gasteiger charge is -2.40. The molecule has 0 aliphatic carbocycles. The number of morpholine rings is 1. The Hall–Kier alpha value is -2.67. The number of hydrogen-bond donors (Lipinski definition) is 0. The minimum absolute atomic E-state index is 0.0443. The second-order valence-electron chi connectivity index (χ2n) is 6.60. The second kappa shape index (κ2) is 6.00. The highest BCUT2D eigenvalue weighted by molar-refractivity contribution is 5.95. The fraction of sp³-hybridized carbons (Fsp3) is 0.389. The number of ether oxygens (including phenoxy) is 1. The van der Waals surface area contributed by atoms with E-state index in [-0.39, 0.29) is 18.4 Å². The minimum Gasteiger partial charge on any atom is -0.361 e. The molecule has 2 aliphatic rings. The van der Waals surface area contributed by atoms with Crippen molar-refractivity contribution in [2.45, 2.75) is 12.0 Å². The van der Waals surface area contributed by atoms with Gasteiger partial charge in [0.25, 0.3) is 11.8 Å². The molecule has 2 aromatic rings. The first kappa shape index (κ1) is 15.8. The molecule has 7 nitrogen and oxygen atoms in total. The van der Waals surface area contributed by atoms with Crippen molar-refractivity contribution in [2.24, 2.45) is 7.05 Å². The van der Waals surface area contributed by atoms with Gasteiger partial charge in [0, 0.05) is 25.5 Å². The van der Waals surface area contributed by atoms with Crippen molar-refractivity contribution in [1.29, 1.82) is 0 Å². The van der Waals surface area contributed by atoms with Crippen LogP contribution >= 0.6 is 0 Å². The molecule has 0 N–H and O–H groups in total. The summed E-state index contributed by atoms with van der Waals surface area (Å²) in [6.45, 7) is 1.60. The van der Waals surface area contributed by atoms with Gasteiger partial charge in [-0.2, -0.15) is 5.10 Å². The maximum Gasteiger partial charge on any atom is 0.272 e. The molecule has 25 heavy (non-hydrogen) atoms. The minimum atomic E-state index is -0.502. The van der Waals surface area contributed by atoms with E-state index < -0.39 is 5.60 Å². The standard InChI is InChI=1S/C18H20N4O3/c1-20-15(7-9-19-20)17(24)21-10-8-18(12-21)13-22(16(23)11-25-18)14-5-3-2-4-6-14/h2-7,9H,8,10-13H2,1H3. The van der Waals surface area contributed by atoms with E-state index in [0.717, 1.165) is 5.69 Å². The Balaban J connectivity index is 1.52. The first-order valence-electron chi connectivity index (χ1n) is 8.35. The third-order valence-corrected chi connectivity index (χ3v) is 4.96. The third kappa shape index (κ3) is 2.80. The normalized spacial score (nSPS) is 23.5. The van der Waals surface area contributed by atoms with Gasteiger partial charge in [0.1, 0.15) is 17.9 Å². The molecule has 1 unspecified atom stereocenters. The van der Waals surface area contributed by atoms with Crippen LogP contribution in [0.1, 0.15) is 16.9 Å². The van der Waals surface area contributed by atoms with Gasteiger partial charge in [0.2, 0.25) is 0 Å². The molecule has 1 atom stereocenters. The highest BCUT2D eigenvalue weighted by Crippen LogP contribution is 2.32. The van der Waals surface area contributed by atoms with E-state index in [1.807, 2.05) is 30.3 Å². The van der Waals surface area contributed by atoms with Gasteiger partial charge in [-0.25, -0.2) is 0 Å². The van der Waals surface area contributed by atoms with Gasteiger partial charge in [-0.3, -0.25) is 14.3 Å². The molecule has 2 aliphatic heterocycles. The van der Waals surface area contributed by atoms with Crippen LogP contribution in [0.2, 0.25) is 0 Å². The first-order chi connectivity index (χ1) is 12.1. The number of amides is 2. The lowest BCUT2D eigenvalue weighted by Crippen LogP contribution is -2.56. The van der Waals surface area contributed by atoms with Crippen molar-refractivity contribution < 1.29 is 14.3 Å². The predicted octanol–water partition coefficient (Wildman–Crippen LogP) is 1.07. The Morgan fingerprint density at radius 1 is 1.20 bits per heavy atom. The molecule has 130 valence electrons. The molecule has 7 heteroatoms. The highest BCUT2D eigenvalue weighted by atomic mass is 16.5. The summed E-state index contributed by atoms with van der Waals surface area (Å²) in [4.78, 5) is 28.5.